The fourth-order valence-corrected chi connectivity index (χ4v) is 3.30. The molecule has 1 aliphatic carbocycles. The predicted octanol–water partition coefficient (Wildman–Crippen LogP) is 1.01. The molecule has 0 unspecified atom stereocenters. The Morgan fingerprint density at radius 1 is 1.27 bits per heavy atom. The minimum absolute atomic E-state index is 0.0314. The number of carboxylic acid groups (broad SMARTS) is 1. The van der Waals surface area contributed by atoms with Gasteiger partial charge in [0.1, 0.15) is 6.54 Å². The molecule has 3 rings (SSSR count). The van der Waals surface area contributed by atoms with Crippen LogP contribution in [0.2, 0.25) is 0 Å². The van der Waals surface area contributed by atoms with Crippen molar-refractivity contribution in [2.24, 2.45) is 5.92 Å². The van der Waals surface area contributed by atoms with Crippen molar-refractivity contribution in [2.75, 3.05) is 6.54 Å². The largest absolute Gasteiger partial charge is 0.481 e. The van der Waals surface area contributed by atoms with E-state index in [1.165, 1.54) is 4.90 Å². The number of amides is 2. The molecule has 2 amide bonds. The third-order valence-electron chi connectivity index (χ3n) is 4.41. The lowest BCUT2D eigenvalue weighted by molar-refractivity contribution is -0.142. The molecule has 6 nitrogen and oxygen atoms in total. The van der Waals surface area contributed by atoms with Crippen LogP contribution in [0.5, 0.6) is 0 Å². The Kier molecular flexibility index (Phi) is 3.83. The fraction of sp³-hybridized carbons (Fsp3) is 0.438. The van der Waals surface area contributed by atoms with Gasteiger partial charge >= 0.3 is 5.97 Å². The van der Waals surface area contributed by atoms with Crippen LogP contribution in [0.4, 0.5) is 0 Å². The molecule has 1 aromatic carbocycles. The number of nitrogens with one attached hydrogen (secondary N) is 1. The molecule has 1 heterocycles. The van der Waals surface area contributed by atoms with Crippen LogP contribution in [-0.2, 0) is 16.1 Å². The lowest BCUT2D eigenvalue weighted by atomic mass is 10.0. The zero-order chi connectivity index (χ0) is 15.7. The van der Waals surface area contributed by atoms with E-state index in [-0.39, 0.29) is 24.4 Å². The number of fused-ring (bicyclic) bond motifs is 1. The quantitative estimate of drug-likeness (QED) is 0.869. The van der Waals surface area contributed by atoms with Crippen LogP contribution in [-0.4, -0.2) is 40.4 Å². The maximum Gasteiger partial charge on any atom is 0.308 e. The first-order valence-electron chi connectivity index (χ1n) is 7.45. The number of carboxylic acids is 1. The van der Waals surface area contributed by atoms with Crippen LogP contribution < -0.4 is 5.32 Å². The van der Waals surface area contributed by atoms with Gasteiger partial charge in [-0.15, -0.1) is 0 Å². The van der Waals surface area contributed by atoms with E-state index >= 15 is 0 Å². The summed E-state index contributed by atoms with van der Waals surface area (Å²) in [4.78, 5) is 36.9. The van der Waals surface area contributed by atoms with Gasteiger partial charge in [-0.1, -0.05) is 24.6 Å². The molecule has 6 heteroatoms. The monoisotopic (exact) mass is 302 g/mol. The van der Waals surface area contributed by atoms with Crippen LogP contribution in [0.25, 0.3) is 0 Å². The van der Waals surface area contributed by atoms with E-state index < -0.39 is 11.9 Å². The molecule has 22 heavy (non-hydrogen) atoms. The van der Waals surface area contributed by atoms with E-state index in [1.54, 1.807) is 12.1 Å². The second kappa shape index (κ2) is 5.79. The highest BCUT2D eigenvalue weighted by Gasteiger charge is 2.35. The molecule has 1 aliphatic heterocycles. The van der Waals surface area contributed by atoms with Gasteiger partial charge in [0.2, 0.25) is 5.91 Å². The summed E-state index contributed by atoms with van der Waals surface area (Å²) >= 11 is 0. The number of carbonyl (C=O) groups excluding carboxylic acids is 2. The van der Waals surface area contributed by atoms with E-state index in [9.17, 15) is 14.4 Å². The number of aliphatic carboxylic acids is 1. The SMILES string of the molecule is O=C(CN1Cc2ccccc2C1=O)N[C@H]1CCC[C@H]1C(=O)O. The zero-order valence-electron chi connectivity index (χ0n) is 12.1. The Hall–Kier alpha value is -2.37. The van der Waals surface area contributed by atoms with E-state index in [1.807, 2.05) is 12.1 Å². The van der Waals surface area contributed by atoms with Crippen molar-refractivity contribution in [1.29, 1.82) is 0 Å². The smallest absolute Gasteiger partial charge is 0.308 e. The van der Waals surface area contributed by atoms with Gasteiger partial charge in [-0.2, -0.15) is 0 Å². The standard InChI is InChI=1S/C16H18N2O4/c19-14(17-13-7-3-6-12(13)16(21)22)9-18-8-10-4-1-2-5-11(10)15(18)20/h1-2,4-5,12-13H,3,6-9H2,(H,17,19)(H,21,22)/t12-,13+/m1/s1. The molecule has 0 radical (unpaired) electrons. The predicted molar refractivity (Wildman–Crippen MR) is 78.1 cm³/mol. The molecular formula is C16H18N2O4. The lowest BCUT2D eigenvalue weighted by Gasteiger charge is -2.20. The molecule has 0 bridgehead atoms. The molecule has 2 atom stereocenters. The second-order valence-corrected chi connectivity index (χ2v) is 5.87. The van der Waals surface area contributed by atoms with Crippen molar-refractivity contribution in [1.82, 2.24) is 10.2 Å². The zero-order valence-corrected chi connectivity index (χ0v) is 12.1. The Balaban J connectivity index is 1.59. The Morgan fingerprint density at radius 2 is 2.05 bits per heavy atom. The molecule has 0 spiro atoms. The first-order valence-corrected chi connectivity index (χ1v) is 7.45. The average molecular weight is 302 g/mol. The maximum absolute atomic E-state index is 12.2. The van der Waals surface area contributed by atoms with Gasteiger partial charge in [0.15, 0.2) is 0 Å². The van der Waals surface area contributed by atoms with E-state index in [0.29, 0.717) is 24.9 Å². The van der Waals surface area contributed by atoms with E-state index in [4.69, 9.17) is 5.11 Å². The van der Waals surface area contributed by atoms with E-state index in [0.717, 1.165) is 12.0 Å². The Bertz CT molecular complexity index is 628. The van der Waals surface area contributed by atoms with Gasteiger partial charge in [0.25, 0.3) is 5.91 Å². The van der Waals surface area contributed by atoms with Crippen molar-refractivity contribution >= 4 is 17.8 Å². The number of nitrogens with zero attached hydrogens (tertiary/aromatic N) is 1. The number of carbonyl (C=O) groups is 3. The topological polar surface area (TPSA) is 86.7 Å². The minimum Gasteiger partial charge on any atom is -0.481 e. The van der Waals surface area contributed by atoms with Gasteiger partial charge in [-0.3, -0.25) is 14.4 Å². The molecule has 116 valence electrons. The third kappa shape index (κ3) is 2.68. The molecule has 2 aliphatic rings. The molecule has 0 aromatic heterocycles. The third-order valence-corrected chi connectivity index (χ3v) is 4.41. The summed E-state index contributed by atoms with van der Waals surface area (Å²) in [6.07, 6.45) is 2.07. The average Bonchev–Trinajstić information content (AvgIpc) is 3.05. The number of hydrogen-bond donors (Lipinski definition) is 2. The molecule has 1 saturated carbocycles. The van der Waals surface area contributed by atoms with Crippen molar-refractivity contribution in [3.8, 4) is 0 Å². The van der Waals surface area contributed by atoms with E-state index in [2.05, 4.69) is 5.32 Å². The van der Waals surface area contributed by atoms with Crippen LogP contribution >= 0.6 is 0 Å². The summed E-state index contributed by atoms with van der Waals surface area (Å²) in [5.41, 5.74) is 1.56. The van der Waals surface area contributed by atoms with Crippen molar-refractivity contribution in [3.63, 3.8) is 0 Å². The highest BCUT2D eigenvalue weighted by Crippen LogP contribution is 2.26. The molecule has 2 N–H and O–H groups in total. The van der Waals surface area contributed by atoms with Crippen molar-refractivity contribution < 1.29 is 19.5 Å². The summed E-state index contributed by atoms with van der Waals surface area (Å²) in [5.74, 6) is -1.82. The number of rotatable bonds is 4. The Labute approximate surface area is 128 Å². The van der Waals surface area contributed by atoms with Gasteiger partial charge in [0.05, 0.1) is 5.92 Å². The molecule has 0 saturated heterocycles. The van der Waals surface area contributed by atoms with Crippen molar-refractivity contribution in [3.05, 3.63) is 35.4 Å². The Morgan fingerprint density at radius 3 is 2.77 bits per heavy atom. The summed E-state index contributed by atoms with van der Waals surface area (Å²) in [5, 5.41) is 11.9. The van der Waals surface area contributed by atoms with Gasteiger partial charge in [-0.05, 0) is 24.5 Å². The van der Waals surface area contributed by atoms with Crippen LogP contribution in [0.3, 0.4) is 0 Å². The molecular weight excluding hydrogens is 284 g/mol. The number of benzene rings is 1. The van der Waals surface area contributed by atoms with Gasteiger partial charge in [0, 0.05) is 18.2 Å². The van der Waals surface area contributed by atoms with Crippen LogP contribution in [0.1, 0.15) is 35.2 Å². The molecule has 1 fully saturated rings. The minimum atomic E-state index is -0.868. The second-order valence-electron chi connectivity index (χ2n) is 5.87. The summed E-state index contributed by atoms with van der Waals surface area (Å²) in [6, 6.07) is 6.97. The highest BCUT2D eigenvalue weighted by atomic mass is 16.4. The highest BCUT2D eigenvalue weighted by molar-refractivity contribution is 6.00. The van der Waals surface area contributed by atoms with Gasteiger partial charge in [-0.25, -0.2) is 0 Å². The normalized spacial score (nSPS) is 23.5. The maximum atomic E-state index is 12.2. The van der Waals surface area contributed by atoms with Crippen LogP contribution in [0.15, 0.2) is 24.3 Å². The summed E-state index contributed by atoms with van der Waals surface area (Å²) < 4.78 is 0. The van der Waals surface area contributed by atoms with Crippen LogP contribution in [0, 0.1) is 5.92 Å². The first kappa shape index (κ1) is 14.6. The molecule has 1 aromatic rings. The van der Waals surface area contributed by atoms with Crippen molar-refractivity contribution in [2.45, 2.75) is 31.8 Å². The van der Waals surface area contributed by atoms with Gasteiger partial charge < -0.3 is 15.3 Å². The fourth-order valence-electron chi connectivity index (χ4n) is 3.30. The summed E-state index contributed by atoms with van der Waals surface area (Å²) in [6.45, 7) is 0.395. The number of hydrogen-bond acceptors (Lipinski definition) is 3. The summed E-state index contributed by atoms with van der Waals surface area (Å²) in [7, 11) is 0. The first-order chi connectivity index (χ1) is 10.6. The lowest BCUT2D eigenvalue weighted by Crippen LogP contribution is -2.45.